The fraction of sp³-hybridized carbons (Fsp3) is 0.385. The van der Waals surface area contributed by atoms with Gasteiger partial charge < -0.3 is 24.5 Å². The third-order valence-electron chi connectivity index (χ3n) is 6.68. The number of methoxy groups -OCH3 is 2. The molecular weight excluding hydrogens is 448 g/mol. The number of esters is 1. The Morgan fingerprint density at radius 3 is 2.57 bits per heavy atom. The molecule has 0 atom stereocenters. The molecule has 0 bridgehead atoms. The minimum absolute atomic E-state index is 0.186. The molecule has 0 radical (unpaired) electrons. The van der Waals surface area contributed by atoms with Crippen molar-refractivity contribution in [1.82, 2.24) is 14.8 Å². The Morgan fingerprint density at radius 1 is 1.03 bits per heavy atom. The number of aromatic amines is 1. The van der Waals surface area contributed by atoms with Gasteiger partial charge in [0.2, 0.25) is 5.91 Å². The van der Waals surface area contributed by atoms with E-state index >= 15 is 0 Å². The van der Waals surface area contributed by atoms with E-state index in [1.165, 1.54) is 23.8 Å². The highest BCUT2D eigenvalue weighted by atomic mass is 16.5. The maximum absolute atomic E-state index is 13.0. The van der Waals surface area contributed by atoms with Crippen LogP contribution in [0.2, 0.25) is 0 Å². The van der Waals surface area contributed by atoms with Gasteiger partial charge in [-0.2, -0.15) is 0 Å². The second-order valence-corrected chi connectivity index (χ2v) is 8.95. The zero-order chi connectivity index (χ0) is 24.4. The van der Waals surface area contributed by atoms with Gasteiger partial charge in [0.25, 0.3) is 0 Å². The lowest BCUT2D eigenvalue weighted by Gasteiger charge is -2.34. The number of amides is 1. The Bertz CT molecular complexity index is 1250. The number of H-pyrrole nitrogens is 1. The lowest BCUT2D eigenvalue weighted by atomic mass is 10.1. The van der Waals surface area contributed by atoms with E-state index in [9.17, 15) is 9.59 Å². The lowest BCUT2D eigenvalue weighted by Crippen LogP contribution is -2.48. The van der Waals surface area contributed by atoms with Crippen LogP contribution in [0.15, 0.2) is 36.4 Å². The molecule has 9 nitrogen and oxygen atoms in total. The van der Waals surface area contributed by atoms with Crippen molar-refractivity contribution in [3.63, 3.8) is 0 Å². The first-order chi connectivity index (χ1) is 17.1. The number of fused-ring (bicyclic) bond motifs is 2. The van der Waals surface area contributed by atoms with Crippen LogP contribution in [0.25, 0.3) is 10.9 Å². The molecule has 1 fully saturated rings. The quantitative estimate of drug-likeness (QED) is 0.504. The van der Waals surface area contributed by atoms with Crippen LogP contribution in [0, 0.1) is 0 Å². The SMILES string of the molecule is COC(=O)c1[nH]c2cccc(OC)c2c1NC(=O)CN1CCN(Cc2ccc3c(c2)COC3)CC1. The highest BCUT2D eigenvalue weighted by molar-refractivity contribution is 6.13. The van der Waals surface area contributed by atoms with E-state index in [0.29, 0.717) is 35.6 Å². The fourth-order valence-corrected chi connectivity index (χ4v) is 4.84. The molecule has 35 heavy (non-hydrogen) atoms. The van der Waals surface area contributed by atoms with Crippen LogP contribution in [-0.4, -0.2) is 73.6 Å². The third-order valence-corrected chi connectivity index (χ3v) is 6.68. The molecule has 2 N–H and O–H groups in total. The van der Waals surface area contributed by atoms with Crippen molar-refractivity contribution in [2.75, 3.05) is 52.3 Å². The second-order valence-electron chi connectivity index (χ2n) is 8.95. The Morgan fingerprint density at radius 2 is 1.80 bits per heavy atom. The fourth-order valence-electron chi connectivity index (χ4n) is 4.84. The Kier molecular flexibility index (Phi) is 6.72. The summed E-state index contributed by atoms with van der Waals surface area (Å²) in [5, 5.41) is 3.57. The van der Waals surface area contributed by atoms with Crippen LogP contribution in [0.4, 0.5) is 5.69 Å². The highest BCUT2D eigenvalue weighted by Gasteiger charge is 2.25. The molecule has 3 aromatic rings. The molecular formula is C26H30N4O5. The minimum Gasteiger partial charge on any atom is -0.496 e. The molecule has 1 amide bonds. The minimum atomic E-state index is -0.551. The van der Waals surface area contributed by atoms with Crippen molar-refractivity contribution >= 4 is 28.5 Å². The van der Waals surface area contributed by atoms with Gasteiger partial charge in [-0.3, -0.25) is 14.6 Å². The molecule has 2 aromatic carbocycles. The van der Waals surface area contributed by atoms with Crippen LogP contribution in [0.1, 0.15) is 27.2 Å². The van der Waals surface area contributed by atoms with Crippen LogP contribution in [0.3, 0.4) is 0 Å². The number of nitrogens with one attached hydrogen (secondary N) is 2. The maximum Gasteiger partial charge on any atom is 0.356 e. The van der Waals surface area contributed by atoms with Gasteiger partial charge in [0, 0.05) is 32.7 Å². The van der Waals surface area contributed by atoms with Crippen molar-refractivity contribution in [2.24, 2.45) is 0 Å². The lowest BCUT2D eigenvalue weighted by molar-refractivity contribution is -0.117. The number of benzene rings is 2. The molecule has 0 unspecified atom stereocenters. The van der Waals surface area contributed by atoms with Gasteiger partial charge in [-0.05, 0) is 28.8 Å². The summed E-state index contributed by atoms with van der Waals surface area (Å²) in [4.78, 5) is 32.9. The molecule has 5 rings (SSSR count). The first-order valence-corrected chi connectivity index (χ1v) is 11.8. The summed E-state index contributed by atoms with van der Waals surface area (Å²) in [7, 11) is 2.87. The van der Waals surface area contributed by atoms with E-state index in [1.807, 2.05) is 12.1 Å². The summed E-state index contributed by atoms with van der Waals surface area (Å²) in [6.45, 7) is 5.90. The first kappa shape index (κ1) is 23.3. The Labute approximate surface area is 203 Å². The molecule has 0 aliphatic carbocycles. The van der Waals surface area contributed by atoms with E-state index in [2.05, 4.69) is 38.3 Å². The summed E-state index contributed by atoms with van der Waals surface area (Å²) < 4.78 is 15.9. The summed E-state index contributed by atoms with van der Waals surface area (Å²) in [5.41, 5.74) is 5.14. The van der Waals surface area contributed by atoms with Gasteiger partial charge in [0.05, 0.1) is 50.6 Å². The number of carbonyl (C=O) groups excluding carboxylic acids is 2. The zero-order valence-corrected chi connectivity index (χ0v) is 20.1. The number of hydrogen-bond acceptors (Lipinski definition) is 7. The van der Waals surface area contributed by atoms with Crippen molar-refractivity contribution < 1.29 is 23.8 Å². The molecule has 3 heterocycles. The molecule has 1 saturated heterocycles. The van der Waals surface area contributed by atoms with Crippen LogP contribution >= 0.6 is 0 Å². The largest absolute Gasteiger partial charge is 0.496 e. The maximum atomic E-state index is 13.0. The molecule has 0 spiro atoms. The number of rotatable bonds is 7. The predicted molar refractivity (Wildman–Crippen MR) is 131 cm³/mol. The van der Waals surface area contributed by atoms with Crippen LogP contribution < -0.4 is 10.1 Å². The number of hydrogen-bond donors (Lipinski definition) is 2. The number of ether oxygens (including phenoxy) is 3. The van der Waals surface area contributed by atoms with E-state index in [1.54, 1.807) is 13.2 Å². The molecule has 9 heteroatoms. The number of nitrogens with zero attached hydrogens (tertiary/aromatic N) is 2. The van der Waals surface area contributed by atoms with Crippen LogP contribution in [0.5, 0.6) is 5.75 Å². The molecule has 2 aliphatic rings. The van der Waals surface area contributed by atoms with Crippen LogP contribution in [-0.2, 0) is 34.0 Å². The second kappa shape index (κ2) is 10.1. The Balaban J connectivity index is 1.21. The van der Waals surface area contributed by atoms with Crippen molar-refractivity contribution in [3.05, 3.63) is 58.8 Å². The number of anilines is 1. The molecule has 1 aromatic heterocycles. The van der Waals surface area contributed by atoms with Gasteiger partial charge >= 0.3 is 5.97 Å². The van der Waals surface area contributed by atoms with Gasteiger partial charge in [-0.15, -0.1) is 0 Å². The summed E-state index contributed by atoms with van der Waals surface area (Å²) >= 11 is 0. The Hall–Kier alpha value is -3.40. The molecule has 2 aliphatic heterocycles. The van der Waals surface area contributed by atoms with Gasteiger partial charge in [-0.1, -0.05) is 24.3 Å². The van der Waals surface area contributed by atoms with E-state index in [0.717, 1.165) is 32.7 Å². The van der Waals surface area contributed by atoms with E-state index in [4.69, 9.17) is 14.2 Å². The smallest absolute Gasteiger partial charge is 0.356 e. The molecule has 0 saturated carbocycles. The average Bonchev–Trinajstić information content (AvgIpc) is 3.49. The standard InChI is InChI=1S/C26H30N4O5/c1-33-21-5-3-4-20-23(21)24(25(27-20)26(32)34-2)28-22(31)14-30-10-8-29(9-11-30)13-17-6-7-18-15-35-16-19(18)12-17/h3-7,12,27H,8-11,13-16H2,1-2H3,(H,28,31). The summed E-state index contributed by atoms with van der Waals surface area (Å²) in [6, 6.07) is 12.0. The van der Waals surface area contributed by atoms with E-state index < -0.39 is 5.97 Å². The third kappa shape index (κ3) is 4.88. The summed E-state index contributed by atoms with van der Waals surface area (Å²) in [5.74, 6) is -0.171. The van der Waals surface area contributed by atoms with Crippen molar-refractivity contribution in [3.8, 4) is 5.75 Å². The highest BCUT2D eigenvalue weighted by Crippen LogP contribution is 2.35. The van der Waals surface area contributed by atoms with E-state index in [-0.39, 0.29) is 18.1 Å². The van der Waals surface area contributed by atoms with Gasteiger partial charge in [0.15, 0.2) is 0 Å². The van der Waals surface area contributed by atoms with Crippen molar-refractivity contribution in [1.29, 1.82) is 0 Å². The number of piperazine rings is 1. The summed E-state index contributed by atoms with van der Waals surface area (Å²) in [6.07, 6.45) is 0. The first-order valence-electron chi connectivity index (χ1n) is 11.8. The van der Waals surface area contributed by atoms with Gasteiger partial charge in [-0.25, -0.2) is 4.79 Å². The topological polar surface area (TPSA) is 96.1 Å². The monoisotopic (exact) mass is 478 g/mol. The molecule has 184 valence electrons. The normalized spacial score (nSPS) is 16.3. The number of carbonyl (C=O) groups is 2. The van der Waals surface area contributed by atoms with Gasteiger partial charge in [0.1, 0.15) is 11.4 Å². The zero-order valence-electron chi connectivity index (χ0n) is 20.1. The predicted octanol–water partition coefficient (Wildman–Crippen LogP) is 2.75. The average molecular weight is 479 g/mol. The van der Waals surface area contributed by atoms with Crippen molar-refractivity contribution in [2.45, 2.75) is 19.8 Å². The number of aromatic nitrogens is 1.